The number of rotatable bonds is 5. The Hall–Kier alpha value is -0.780. The zero-order valence-corrected chi connectivity index (χ0v) is 14.5. The van der Waals surface area contributed by atoms with E-state index in [0.717, 1.165) is 18.8 Å². The Morgan fingerprint density at radius 2 is 1.70 bits per heavy atom. The van der Waals surface area contributed by atoms with Gasteiger partial charge in [-0.05, 0) is 57.3 Å². The van der Waals surface area contributed by atoms with Gasteiger partial charge in [0.25, 0.3) is 0 Å². The molecule has 0 spiro atoms. The second-order valence-corrected chi connectivity index (χ2v) is 9.24. The molecule has 3 nitrogen and oxygen atoms in total. The van der Waals surface area contributed by atoms with Crippen LogP contribution in [0.15, 0.2) is 11.6 Å². The van der Waals surface area contributed by atoms with Crippen LogP contribution >= 0.6 is 0 Å². The van der Waals surface area contributed by atoms with E-state index in [1.807, 2.05) is 6.08 Å². The maximum atomic E-state index is 12.5. The highest BCUT2D eigenvalue weighted by Crippen LogP contribution is 2.33. The van der Waals surface area contributed by atoms with Crippen molar-refractivity contribution in [1.82, 2.24) is 0 Å². The van der Waals surface area contributed by atoms with Crippen molar-refractivity contribution in [3.05, 3.63) is 11.6 Å². The highest BCUT2D eigenvalue weighted by molar-refractivity contribution is 7.92. The maximum absolute atomic E-state index is 12.5. The molecule has 2 rings (SSSR count). The average Bonchev–Trinajstić information content (AvgIpc) is 2.54. The molecule has 132 valence electrons. The van der Waals surface area contributed by atoms with E-state index >= 15 is 0 Å². The summed E-state index contributed by atoms with van der Waals surface area (Å²) in [6.45, 7) is 2.24. The fourth-order valence-corrected chi connectivity index (χ4v) is 4.83. The van der Waals surface area contributed by atoms with Gasteiger partial charge in [0.15, 0.2) is 0 Å². The lowest BCUT2D eigenvalue weighted by atomic mass is 9.83. The smallest absolute Gasteiger partial charge is 0.299 e. The summed E-state index contributed by atoms with van der Waals surface area (Å²) in [5.74, 6) is -2.59. The van der Waals surface area contributed by atoms with Gasteiger partial charge in [0, 0.05) is 12.3 Å². The summed E-state index contributed by atoms with van der Waals surface area (Å²) < 4.78 is 48.0. The molecule has 0 aliphatic heterocycles. The molecule has 0 heterocycles. The number of allylic oxidation sites excluding steroid dienone is 2. The van der Waals surface area contributed by atoms with E-state index < -0.39 is 20.8 Å². The van der Waals surface area contributed by atoms with Gasteiger partial charge in [0.1, 0.15) is 5.78 Å². The maximum Gasteiger partial charge on any atom is 0.337 e. The van der Waals surface area contributed by atoms with Crippen molar-refractivity contribution in [2.24, 2.45) is 11.8 Å². The van der Waals surface area contributed by atoms with Gasteiger partial charge in [-0.15, -0.1) is 0 Å². The van der Waals surface area contributed by atoms with Crippen molar-refractivity contribution in [1.29, 1.82) is 0 Å². The van der Waals surface area contributed by atoms with Crippen LogP contribution in [0.25, 0.3) is 0 Å². The molecule has 0 aromatic carbocycles. The molecular weight excluding hydrogens is 322 g/mol. The van der Waals surface area contributed by atoms with E-state index in [9.17, 15) is 22.0 Å². The quantitative estimate of drug-likeness (QED) is 0.697. The first-order valence-electron chi connectivity index (χ1n) is 8.52. The summed E-state index contributed by atoms with van der Waals surface area (Å²) in [6, 6.07) is 0. The number of carbonyl (C=O) groups excluding carboxylic acids is 1. The third kappa shape index (κ3) is 4.85. The van der Waals surface area contributed by atoms with E-state index in [1.165, 1.54) is 18.4 Å². The first kappa shape index (κ1) is 18.6. The lowest BCUT2D eigenvalue weighted by Gasteiger charge is -2.27. The Labute approximate surface area is 137 Å². The first-order chi connectivity index (χ1) is 10.8. The summed E-state index contributed by atoms with van der Waals surface area (Å²) in [6.07, 6.45) is 8.10. The van der Waals surface area contributed by atoms with Crippen LogP contribution in [0.2, 0.25) is 0 Å². The lowest BCUT2D eigenvalue weighted by molar-refractivity contribution is -0.122. The number of alkyl halides is 2. The van der Waals surface area contributed by atoms with Crippen LogP contribution < -0.4 is 0 Å². The van der Waals surface area contributed by atoms with Crippen LogP contribution in [0.5, 0.6) is 0 Å². The second kappa shape index (κ2) is 7.86. The molecule has 0 radical (unpaired) electrons. The van der Waals surface area contributed by atoms with Crippen molar-refractivity contribution in [2.45, 2.75) is 75.7 Å². The Morgan fingerprint density at radius 1 is 1.13 bits per heavy atom. The van der Waals surface area contributed by atoms with Crippen LogP contribution in [-0.4, -0.2) is 25.2 Å². The van der Waals surface area contributed by atoms with Gasteiger partial charge in [-0.2, -0.15) is 8.78 Å². The molecule has 0 atom stereocenters. The lowest BCUT2D eigenvalue weighted by Crippen LogP contribution is -2.33. The topological polar surface area (TPSA) is 51.2 Å². The van der Waals surface area contributed by atoms with Crippen LogP contribution in [0.3, 0.4) is 0 Å². The van der Waals surface area contributed by atoms with Crippen molar-refractivity contribution < 1.29 is 22.0 Å². The molecule has 2 aliphatic carbocycles. The van der Waals surface area contributed by atoms with E-state index in [4.69, 9.17) is 0 Å². The van der Waals surface area contributed by atoms with Gasteiger partial charge < -0.3 is 0 Å². The number of halogens is 2. The Balaban J connectivity index is 1.81. The van der Waals surface area contributed by atoms with Crippen molar-refractivity contribution in [3.63, 3.8) is 0 Å². The molecule has 0 N–H and O–H groups in total. The normalized spacial score (nSPS) is 29.6. The Morgan fingerprint density at radius 3 is 2.22 bits per heavy atom. The largest absolute Gasteiger partial charge is 0.337 e. The van der Waals surface area contributed by atoms with E-state index in [0.29, 0.717) is 19.3 Å². The van der Waals surface area contributed by atoms with E-state index in [2.05, 4.69) is 6.92 Å². The molecule has 0 aromatic rings. The van der Waals surface area contributed by atoms with Gasteiger partial charge in [0.05, 0.1) is 5.25 Å². The zero-order chi connectivity index (χ0) is 17.0. The molecule has 6 heteroatoms. The predicted octanol–water partition coefficient (Wildman–Crippen LogP) is 4.28. The van der Waals surface area contributed by atoms with Crippen molar-refractivity contribution in [2.75, 3.05) is 0 Å². The number of ketones is 1. The first-order valence-corrected chi connectivity index (χ1v) is 10.1. The molecule has 0 saturated heterocycles. The van der Waals surface area contributed by atoms with Gasteiger partial charge in [-0.25, -0.2) is 8.42 Å². The number of carbonyl (C=O) groups is 1. The number of sulfone groups is 1. The molecule has 2 aliphatic rings. The van der Waals surface area contributed by atoms with Gasteiger partial charge >= 0.3 is 5.76 Å². The zero-order valence-electron chi connectivity index (χ0n) is 13.6. The minimum atomic E-state index is -4.34. The minimum Gasteiger partial charge on any atom is -0.299 e. The SMILES string of the molecule is CC1CCC(=CCC(=O)C2CCC(S(=O)(=O)C(F)F)CC2)CC1. The third-order valence-corrected chi connectivity index (χ3v) is 7.25. The molecular formula is C17H26F2O3S. The Kier molecular flexibility index (Phi) is 6.34. The fraction of sp³-hybridized carbons (Fsp3) is 0.824. The minimum absolute atomic E-state index is 0.129. The van der Waals surface area contributed by atoms with Gasteiger partial charge in [-0.1, -0.05) is 18.6 Å². The second-order valence-electron chi connectivity index (χ2n) is 7.04. The molecule has 0 aromatic heterocycles. The molecule has 2 fully saturated rings. The number of hydrogen-bond acceptors (Lipinski definition) is 3. The van der Waals surface area contributed by atoms with E-state index in [-0.39, 0.29) is 24.5 Å². The van der Waals surface area contributed by atoms with Crippen LogP contribution in [0.1, 0.15) is 64.7 Å². The molecule has 0 bridgehead atoms. The number of hydrogen-bond donors (Lipinski definition) is 0. The highest BCUT2D eigenvalue weighted by Gasteiger charge is 2.38. The van der Waals surface area contributed by atoms with Crippen molar-refractivity contribution >= 4 is 15.6 Å². The predicted molar refractivity (Wildman–Crippen MR) is 86.0 cm³/mol. The summed E-state index contributed by atoms with van der Waals surface area (Å²) in [5.41, 5.74) is 1.35. The van der Waals surface area contributed by atoms with E-state index in [1.54, 1.807) is 0 Å². The monoisotopic (exact) mass is 348 g/mol. The molecule has 0 amide bonds. The van der Waals surface area contributed by atoms with Gasteiger partial charge in [0.2, 0.25) is 9.84 Å². The highest BCUT2D eigenvalue weighted by atomic mass is 32.2. The summed E-state index contributed by atoms with van der Waals surface area (Å²) in [4.78, 5) is 12.3. The fourth-order valence-electron chi connectivity index (χ4n) is 3.61. The third-order valence-electron chi connectivity index (χ3n) is 5.35. The summed E-state index contributed by atoms with van der Waals surface area (Å²) in [7, 11) is -4.34. The summed E-state index contributed by atoms with van der Waals surface area (Å²) >= 11 is 0. The number of Topliss-reactive ketones (excluding diaryl/α,β-unsaturated/α-hetero) is 1. The van der Waals surface area contributed by atoms with Crippen molar-refractivity contribution in [3.8, 4) is 0 Å². The van der Waals surface area contributed by atoms with Gasteiger partial charge in [-0.3, -0.25) is 4.79 Å². The molecule has 2 saturated carbocycles. The molecule has 23 heavy (non-hydrogen) atoms. The average molecular weight is 348 g/mol. The summed E-state index contributed by atoms with van der Waals surface area (Å²) in [5, 5.41) is -0.982. The van der Waals surface area contributed by atoms with Crippen LogP contribution in [-0.2, 0) is 14.6 Å². The Bertz CT molecular complexity index is 536. The standard InChI is InChI=1S/C17H26F2O3S/c1-12-2-4-13(5-3-12)6-11-16(20)14-7-9-15(10-8-14)23(21,22)17(18)19/h6,12,14-15,17H,2-5,7-11H2,1H3. The van der Waals surface area contributed by atoms with Crippen LogP contribution in [0, 0.1) is 11.8 Å². The van der Waals surface area contributed by atoms with Crippen LogP contribution in [0.4, 0.5) is 8.78 Å². The molecule has 0 unspecified atom stereocenters.